The molecular weight excluding hydrogens is 393 g/mol. The van der Waals surface area contributed by atoms with Crippen LogP contribution in [0.25, 0.3) is 22.6 Å². The summed E-state index contributed by atoms with van der Waals surface area (Å²) in [5.74, 6) is 0.181. The highest BCUT2D eigenvalue weighted by Gasteiger charge is 2.32. The number of fused-ring (bicyclic) bond motifs is 1. The standard InChI is InChI=1S/C19H18ClF3N4O/c1-10(9-19(21,22)23)8-14-24-17-15(18(28)25-14)26-16(27(17)13-6-7-13)11-2-4-12(20)5-3-11/h2-5,10,13H,6-9H2,1H3,(H,24,25,28). The molecule has 1 aliphatic rings. The number of rotatable bonds is 5. The number of hydrogen-bond donors (Lipinski definition) is 1. The molecule has 2 aromatic heterocycles. The highest BCUT2D eigenvalue weighted by Crippen LogP contribution is 2.40. The molecule has 1 saturated carbocycles. The maximum absolute atomic E-state index is 12.6. The lowest BCUT2D eigenvalue weighted by Crippen LogP contribution is -2.18. The van der Waals surface area contributed by atoms with E-state index in [9.17, 15) is 18.0 Å². The summed E-state index contributed by atoms with van der Waals surface area (Å²) in [6.07, 6.45) is -3.24. The van der Waals surface area contributed by atoms with Crippen molar-refractivity contribution in [1.29, 1.82) is 0 Å². The number of hydrogen-bond acceptors (Lipinski definition) is 3. The normalized spacial score (nSPS) is 15.9. The molecule has 1 N–H and O–H groups in total. The van der Waals surface area contributed by atoms with E-state index in [0.29, 0.717) is 16.5 Å². The molecule has 1 unspecified atom stereocenters. The van der Waals surface area contributed by atoms with Gasteiger partial charge in [-0.2, -0.15) is 13.2 Å². The fourth-order valence-corrected chi connectivity index (χ4v) is 3.53. The summed E-state index contributed by atoms with van der Waals surface area (Å²) in [6, 6.07) is 7.32. The second-order valence-corrected chi connectivity index (χ2v) is 7.79. The number of nitrogens with one attached hydrogen (secondary N) is 1. The van der Waals surface area contributed by atoms with Crippen molar-refractivity contribution < 1.29 is 13.2 Å². The molecule has 2 heterocycles. The van der Waals surface area contributed by atoms with Gasteiger partial charge in [-0.3, -0.25) is 4.79 Å². The maximum Gasteiger partial charge on any atom is 0.389 e. The van der Waals surface area contributed by atoms with Gasteiger partial charge in [0.2, 0.25) is 0 Å². The lowest BCUT2D eigenvalue weighted by atomic mass is 10.0. The first kappa shape index (κ1) is 19.0. The minimum atomic E-state index is -4.25. The zero-order valence-electron chi connectivity index (χ0n) is 15.1. The third kappa shape index (κ3) is 3.92. The van der Waals surface area contributed by atoms with Gasteiger partial charge in [0.25, 0.3) is 5.56 Å². The van der Waals surface area contributed by atoms with Gasteiger partial charge in [0.15, 0.2) is 11.2 Å². The molecular formula is C19H18ClF3N4O. The molecule has 1 aliphatic carbocycles. The minimum absolute atomic E-state index is 0.0385. The number of nitrogens with zero attached hydrogens (tertiary/aromatic N) is 3. The van der Waals surface area contributed by atoms with Crippen LogP contribution < -0.4 is 5.56 Å². The Hall–Kier alpha value is -2.35. The zero-order valence-corrected chi connectivity index (χ0v) is 15.8. The van der Waals surface area contributed by atoms with Gasteiger partial charge in [-0.15, -0.1) is 0 Å². The van der Waals surface area contributed by atoms with Crippen LogP contribution in [0.2, 0.25) is 5.02 Å². The topological polar surface area (TPSA) is 63.6 Å². The second-order valence-electron chi connectivity index (χ2n) is 7.36. The summed E-state index contributed by atoms with van der Waals surface area (Å²) in [5, 5.41) is 0.592. The number of aromatic nitrogens is 4. The second kappa shape index (κ2) is 6.92. The predicted molar refractivity (Wildman–Crippen MR) is 100 cm³/mol. The van der Waals surface area contributed by atoms with Crippen LogP contribution in [0.1, 0.15) is 38.1 Å². The van der Waals surface area contributed by atoms with E-state index in [-0.39, 0.29) is 23.8 Å². The van der Waals surface area contributed by atoms with Gasteiger partial charge in [-0.05, 0) is 43.0 Å². The van der Waals surface area contributed by atoms with Crippen LogP contribution in [0.3, 0.4) is 0 Å². The predicted octanol–water partition coefficient (Wildman–Crippen LogP) is 4.91. The van der Waals surface area contributed by atoms with E-state index in [4.69, 9.17) is 11.6 Å². The molecule has 28 heavy (non-hydrogen) atoms. The van der Waals surface area contributed by atoms with Crippen molar-refractivity contribution >= 4 is 22.8 Å². The van der Waals surface area contributed by atoms with E-state index in [1.54, 1.807) is 12.1 Å². The van der Waals surface area contributed by atoms with Crippen LogP contribution in [-0.4, -0.2) is 25.7 Å². The van der Waals surface area contributed by atoms with E-state index in [1.165, 1.54) is 6.92 Å². The van der Waals surface area contributed by atoms with Crippen LogP contribution in [0.15, 0.2) is 29.1 Å². The fraction of sp³-hybridized carbons (Fsp3) is 0.421. The number of imidazole rings is 1. The van der Waals surface area contributed by atoms with Crippen molar-refractivity contribution in [3.8, 4) is 11.4 Å². The lowest BCUT2D eigenvalue weighted by Gasteiger charge is -2.13. The molecule has 148 valence electrons. The molecule has 0 spiro atoms. The van der Waals surface area contributed by atoms with E-state index in [1.807, 2.05) is 16.7 Å². The smallest absolute Gasteiger partial charge is 0.309 e. The number of H-pyrrole nitrogens is 1. The molecule has 0 saturated heterocycles. The van der Waals surface area contributed by atoms with E-state index in [0.717, 1.165) is 18.4 Å². The van der Waals surface area contributed by atoms with Crippen LogP contribution >= 0.6 is 11.6 Å². The van der Waals surface area contributed by atoms with E-state index < -0.39 is 24.1 Å². The summed E-state index contributed by atoms with van der Waals surface area (Å²) < 4.78 is 39.8. The Bertz CT molecular complexity index is 1070. The summed E-state index contributed by atoms with van der Waals surface area (Å²) in [6.45, 7) is 1.50. The SMILES string of the molecule is CC(Cc1nc2c(nc(-c3ccc(Cl)cc3)n2C2CC2)c(=O)[nH]1)CC(F)(F)F. The van der Waals surface area contributed by atoms with Gasteiger partial charge in [-0.1, -0.05) is 18.5 Å². The average molecular weight is 411 g/mol. The molecule has 0 amide bonds. The Labute approximate surface area is 163 Å². The van der Waals surface area contributed by atoms with Gasteiger partial charge in [-0.25, -0.2) is 9.97 Å². The first-order valence-corrected chi connectivity index (χ1v) is 9.43. The molecule has 0 bridgehead atoms. The van der Waals surface area contributed by atoms with Gasteiger partial charge in [0.1, 0.15) is 11.6 Å². The minimum Gasteiger partial charge on any atom is -0.309 e. The van der Waals surface area contributed by atoms with Crippen molar-refractivity contribution in [1.82, 2.24) is 19.5 Å². The molecule has 1 atom stereocenters. The highest BCUT2D eigenvalue weighted by molar-refractivity contribution is 6.30. The van der Waals surface area contributed by atoms with Gasteiger partial charge in [0, 0.05) is 29.5 Å². The molecule has 9 heteroatoms. The quantitative estimate of drug-likeness (QED) is 0.650. The lowest BCUT2D eigenvalue weighted by molar-refractivity contribution is -0.143. The molecule has 3 aromatic rings. The van der Waals surface area contributed by atoms with E-state index >= 15 is 0 Å². The molecule has 0 aliphatic heterocycles. The monoisotopic (exact) mass is 410 g/mol. The zero-order chi connectivity index (χ0) is 20.1. The Morgan fingerprint density at radius 3 is 2.54 bits per heavy atom. The molecule has 0 radical (unpaired) electrons. The number of halogens is 4. The number of benzene rings is 1. The Morgan fingerprint density at radius 1 is 1.25 bits per heavy atom. The van der Waals surface area contributed by atoms with Gasteiger partial charge in [0.05, 0.1) is 0 Å². The molecule has 1 aromatic carbocycles. The molecule has 1 fully saturated rings. The molecule has 5 nitrogen and oxygen atoms in total. The van der Waals surface area contributed by atoms with Crippen molar-refractivity contribution in [2.24, 2.45) is 5.92 Å². The average Bonchev–Trinajstić information content (AvgIpc) is 3.34. The van der Waals surface area contributed by atoms with Crippen molar-refractivity contribution in [3.05, 3.63) is 45.5 Å². The number of aromatic amines is 1. The number of alkyl halides is 3. The summed E-state index contributed by atoms with van der Waals surface area (Å²) >= 11 is 5.96. The Morgan fingerprint density at radius 2 is 1.93 bits per heavy atom. The summed E-state index contributed by atoms with van der Waals surface area (Å²) in [4.78, 5) is 24.1. The highest BCUT2D eigenvalue weighted by atomic mass is 35.5. The van der Waals surface area contributed by atoms with E-state index in [2.05, 4.69) is 15.0 Å². The Kier molecular flexibility index (Phi) is 4.69. The van der Waals surface area contributed by atoms with Crippen molar-refractivity contribution in [2.75, 3.05) is 0 Å². The van der Waals surface area contributed by atoms with Crippen LogP contribution in [-0.2, 0) is 6.42 Å². The van der Waals surface area contributed by atoms with Crippen LogP contribution in [0.5, 0.6) is 0 Å². The summed E-state index contributed by atoms with van der Waals surface area (Å²) in [5.41, 5.74) is 0.990. The van der Waals surface area contributed by atoms with Gasteiger partial charge >= 0.3 is 6.18 Å². The fourth-order valence-electron chi connectivity index (χ4n) is 3.40. The summed E-state index contributed by atoms with van der Waals surface area (Å²) in [7, 11) is 0. The van der Waals surface area contributed by atoms with Crippen LogP contribution in [0.4, 0.5) is 13.2 Å². The van der Waals surface area contributed by atoms with Gasteiger partial charge < -0.3 is 9.55 Å². The molecule has 4 rings (SSSR count). The Balaban J connectivity index is 1.78. The largest absolute Gasteiger partial charge is 0.389 e. The van der Waals surface area contributed by atoms with Crippen molar-refractivity contribution in [3.63, 3.8) is 0 Å². The maximum atomic E-state index is 12.6. The third-order valence-corrected chi connectivity index (χ3v) is 4.99. The first-order valence-electron chi connectivity index (χ1n) is 9.05. The van der Waals surface area contributed by atoms with Crippen molar-refractivity contribution in [2.45, 2.75) is 44.8 Å². The third-order valence-electron chi connectivity index (χ3n) is 4.74. The first-order chi connectivity index (χ1) is 13.2. The van der Waals surface area contributed by atoms with Crippen LogP contribution in [0, 0.1) is 5.92 Å².